The highest BCUT2D eigenvalue weighted by Gasteiger charge is 2.29. The fourth-order valence-corrected chi connectivity index (χ4v) is 5.53. The van der Waals surface area contributed by atoms with Gasteiger partial charge in [-0.05, 0) is 49.7 Å². The van der Waals surface area contributed by atoms with E-state index in [1.165, 1.54) is 32.3 Å². The van der Waals surface area contributed by atoms with Crippen molar-refractivity contribution in [1.82, 2.24) is 15.2 Å². The van der Waals surface area contributed by atoms with E-state index in [0.717, 1.165) is 19.3 Å². The smallest absolute Gasteiger partial charge is 0.273 e. The van der Waals surface area contributed by atoms with E-state index >= 15 is 0 Å². The van der Waals surface area contributed by atoms with Gasteiger partial charge < -0.3 is 0 Å². The van der Waals surface area contributed by atoms with Crippen molar-refractivity contribution < 1.29 is 18.0 Å². The number of fused-ring (bicyclic) bond motifs is 1. The Kier molecular flexibility index (Phi) is 5.69. The van der Waals surface area contributed by atoms with Gasteiger partial charge in [-0.3, -0.25) is 20.4 Å². The second-order valence-corrected chi connectivity index (χ2v) is 10.4. The largest absolute Gasteiger partial charge is 0.279 e. The summed E-state index contributed by atoms with van der Waals surface area (Å²) in [6.45, 7) is 2.89. The molecule has 2 heterocycles. The monoisotopic (exact) mass is 399 g/mol. The summed E-state index contributed by atoms with van der Waals surface area (Å²) in [6, 6.07) is 1.93. The van der Waals surface area contributed by atoms with Gasteiger partial charge in [0.15, 0.2) is 0 Å². The summed E-state index contributed by atoms with van der Waals surface area (Å²) < 4.78 is 24.4. The molecule has 1 saturated heterocycles. The number of thiophene rings is 1. The Bertz CT molecular complexity index is 795. The highest BCUT2D eigenvalue weighted by atomic mass is 32.2. The van der Waals surface area contributed by atoms with Crippen LogP contribution in [0.1, 0.15) is 46.3 Å². The molecule has 2 aliphatic rings. The summed E-state index contributed by atoms with van der Waals surface area (Å²) >= 11 is 1.50. The minimum Gasteiger partial charge on any atom is -0.273 e. The zero-order valence-corrected chi connectivity index (χ0v) is 16.7. The van der Waals surface area contributed by atoms with Crippen molar-refractivity contribution in [2.45, 2.75) is 39.0 Å². The van der Waals surface area contributed by atoms with Gasteiger partial charge in [0.05, 0.1) is 11.1 Å². The van der Waals surface area contributed by atoms with Crippen molar-refractivity contribution in [3.8, 4) is 0 Å². The van der Waals surface area contributed by atoms with Gasteiger partial charge in [0, 0.05) is 23.9 Å². The predicted octanol–water partition coefficient (Wildman–Crippen LogP) is 1.31. The second-order valence-electron chi connectivity index (χ2n) is 7.29. The number of hydrazine groups is 1. The highest BCUT2D eigenvalue weighted by Crippen LogP contribution is 2.32. The van der Waals surface area contributed by atoms with E-state index in [4.69, 9.17) is 0 Å². The number of rotatable bonds is 3. The van der Waals surface area contributed by atoms with Gasteiger partial charge in [-0.1, -0.05) is 6.92 Å². The number of sulfonamides is 1. The molecule has 9 heteroatoms. The SMILES string of the molecule is C[C@H]1CCc2sc(C(=O)NNC(=O)C3CCN(S(C)(=O)=O)CC3)cc2C1. The summed E-state index contributed by atoms with van der Waals surface area (Å²) in [5.41, 5.74) is 6.24. The first kappa shape index (κ1) is 19.3. The number of aryl methyl sites for hydroxylation is 1. The Morgan fingerprint density at radius 1 is 1.19 bits per heavy atom. The molecule has 0 unspecified atom stereocenters. The summed E-state index contributed by atoms with van der Waals surface area (Å²) in [5.74, 6) is -0.198. The number of nitrogens with one attached hydrogen (secondary N) is 2. The minimum absolute atomic E-state index is 0.263. The van der Waals surface area contributed by atoms with Crippen LogP contribution in [0.25, 0.3) is 0 Å². The molecule has 2 amide bonds. The quantitative estimate of drug-likeness (QED) is 0.749. The Balaban J connectivity index is 1.50. The molecule has 1 fully saturated rings. The second kappa shape index (κ2) is 7.66. The molecule has 1 aliphatic carbocycles. The van der Waals surface area contributed by atoms with E-state index in [1.807, 2.05) is 6.07 Å². The fourth-order valence-electron chi connectivity index (χ4n) is 3.55. The molecular weight excluding hydrogens is 374 g/mol. The molecule has 1 aromatic rings. The highest BCUT2D eigenvalue weighted by molar-refractivity contribution is 7.88. The Morgan fingerprint density at radius 2 is 1.88 bits per heavy atom. The molecule has 2 N–H and O–H groups in total. The number of amides is 2. The first-order valence-corrected chi connectivity index (χ1v) is 11.6. The van der Waals surface area contributed by atoms with Gasteiger partial charge in [-0.15, -0.1) is 11.3 Å². The van der Waals surface area contributed by atoms with Crippen molar-refractivity contribution in [1.29, 1.82) is 0 Å². The first-order valence-electron chi connectivity index (χ1n) is 8.91. The molecular formula is C17H25N3O4S2. The van der Waals surface area contributed by atoms with Gasteiger partial charge in [-0.25, -0.2) is 12.7 Å². The fraction of sp³-hybridized carbons (Fsp3) is 0.647. The van der Waals surface area contributed by atoms with E-state index < -0.39 is 10.0 Å². The van der Waals surface area contributed by atoms with Gasteiger partial charge in [0.1, 0.15) is 0 Å². The summed E-state index contributed by atoms with van der Waals surface area (Å²) in [6.07, 6.45) is 5.26. The molecule has 26 heavy (non-hydrogen) atoms. The maximum Gasteiger partial charge on any atom is 0.279 e. The minimum atomic E-state index is -3.21. The van der Waals surface area contributed by atoms with Gasteiger partial charge >= 0.3 is 0 Å². The summed E-state index contributed by atoms with van der Waals surface area (Å²) in [5, 5.41) is 0. The molecule has 1 aliphatic heterocycles. The maximum absolute atomic E-state index is 12.3. The molecule has 1 atom stereocenters. The van der Waals surface area contributed by atoms with Gasteiger partial charge in [-0.2, -0.15) is 0 Å². The first-order chi connectivity index (χ1) is 12.2. The summed E-state index contributed by atoms with van der Waals surface area (Å²) in [4.78, 5) is 26.4. The van der Waals surface area contributed by atoms with E-state index in [1.54, 1.807) is 0 Å². The van der Waals surface area contributed by atoms with Crippen molar-refractivity contribution in [2.75, 3.05) is 19.3 Å². The standard InChI is InChI=1S/C17H25N3O4S2/c1-11-3-4-14-13(9-11)10-15(25-14)17(22)19-18-16(21)12-5-7-20(8-6-12)26(2,23)24/h10-12H,3-9H2,1-2H3,(H,18,21)(H,19,22)/t11-/m0/s1. The molecule has 7 nitrogen and oxygen atoms in total. The molecule has 0 spiro atoms. The Labute approximate surface area is 158 Å². The van der Waals surface area contributed by atoms with E-state index in [2.05, 4.69) is 17.8 Å². The lowest BCUT2D eigenvalue weighted by Gasteiger charge is -2.29. The van der Waals surface area contributed by atoms with E-state index in [-0.39, 0.29) is 17.7 Å². The topological polar surface area (TPSA) is 95.6 Å². The predicted molar refractivity (Wildman–Crippen MR) is 100 cm³/mol. The third kappa shape index (κ3) is 4.44. The van der Waals surface area contributed by atoms with Crippen LogP contribution in [0.3, 0.4) is 0 Å². The normalized spacial score (nSPS) is 21.8. The lowest BCUT2D eigenvalue weighted by atomic mass is 9.90. The lowest BCUT2D eigenvalue weighted by molar-refractivity contribution is -0.126. The van der Waals surface area contributed by atoms with E-state index in [0.29, 0.717) is 36.7 Å². The maximum atomic E-state index is 12.3. The van der Waals surface area contributed by atoms with Crippen LogP contribution in [-0.4, -0.2) is 43.9 Å². The van der Waals surface area contributed by atoms with Crippen LogP contribution in [0.15, 0.2) is 6.07 Å². The third-order valence-electron chi connectivity index (χ3n) is 5.15. The van der Waals surface area contributed by atoms with Crippen molar-refractivity contribution >= 4 is 33.2 Å². The molecule has 144 valence electrons. The molecule has 0 aromatic carbocycles. The molecule has 1 aromatic heterocycles. The summed E-state index contributed by atoms with van der Waals surface area (Å²) in [7, 11) is -3.21. The van der Waals surface area contributed by atoms with Crippen LogP contribution in [0, 0.1) is 11.8 Å². The number of carbonyl (C=O) groups excluding carboxylic acids is 2. The van der Waals surface area contributed by atoms with Gasteiger partial charge in [0.2, 0.25) is 15.9 Å². The van der Waals surface area contributed by atoms with Crippen molar-refractivity contribution in [2.24, 2.45) is 11.8 Å². The average molecular weight is 400 g/mol. The van der Waals surface area contributed by atoms with E-state index in [9.17, 15) is 18.0 Å². The Morgan fingerprint density at radius 3 is 2.54 bits per heavy atom. The van der Waals surface area contributed by atoms with Gasteiger partial charge in [0.25, 0.3) is 5.91 Å². The zero-order valence-electron chi connectivity index (χ0n) is 15.1. The van der Waals surface area contributed by atoms with Crippen LogP contribution >= 0.6 is 11.3 Å². The molecule has 0 bridgehead atoms. The number of hydrogen-bond acceptors (Lipinski definition) is 5. The number of carbonyl (C=O) groups is 2. The van der Waals surface area contributed by atoms with Crippen LogP contribution in [-0.2, 0) is 27.7 Å². The lowest BCUT2D eigenvalue weighted by Crippen LogP contribution is -2.47. The Hall–Kier alpha value is -1.45. The average Bonchev–Trinajstić information content (AvgIpc) is 3.02. The molecule has 0 saturated carbocycles. The number of nitrogens with zero attached hydrogens (tertiary/aromatic N) is 1. The van der Waals surface area contributed by atoms with Crippen LogP contribution in [0.4, 0.5) is 0 Å². The van der Waals surface area contributed by atoms with Crippen LogP contribution < -0.4 is 10.9 Å². The molecule has 0 radical (unpaired) electrons. The van der Waals surface area contributed by atoms with Crippen molar-refractivity contribution in [3.05, 3.63) is 21.4 Å². The van der Waals surface area contributed by atoms with Crippen LogP contribution in [0.2, 0.25) is 0 Å². The zero-order chi connectivity index (χ0) is 18.9. The number of piperidine rings is 1. The number of hydrogen-bond donors (Lipinski definition) is 2. The third-order valence-corrected chi connectivity index (χ3v) is 7.69. The van der Waals surface area contributed by atoms with Crippen molar-refractivity contribution in [3.63, 3.8) is 0 Å². The molecule has 3 rings (SSSR count). The van der Waals surface area contributed by atoms with Crippen LogP contribution in [0.5, 0.6) is 0 Å².